The fourth-order valence-electron chi connectivity index (χ4n) is 12.6. The van der Waals surface area contributed by atoms with Gasteiger partial charge in [0.2, 0.25) is 0 Å². The summed E-state index contributed by atoms with van der Waals surface area (Å²) in [6.07, 6.45) is 2.13. The smallest absolute Gasteiger partial charge is 0.338 e. The third-order valence-electron chi connectivity index (χ3n) is 14.1. The van der Waals surface area contributed by atoms with Crippen LogP contribution in [-0.4, -0.2) is 126 Å². The van der Waals surface area contributed by atoms with Crippen molar-refractivity contribution in [2.45, 2.75) is 61.4 Å². The lowest BCUT2D eigenvalue weighted by Gasteiger charge is -2.67. The maximum absolute atomic E-state index is 14.6. The minimum Gasteiger partial charge on any atom is -0.497 e. The van der Waals surface area contributed by atoms with Crippen LogP contribution < -0.4 is 9.47 Å². The Labute approximate surface area is 310 Å². The van der Waals surface area contributed by atoms with Gasteiger partial charge in [-0.25, -0.2) is 9.59 Å². The van der Waals surface area contributed by atoms with Gasteiger partial charge in [0.25, 0.3) is 0 Å². The molecule has 8 rings (SSSR count). The standard InChI is InChI=1S/C41H51NO11/c1-8-42-21-38(22-46-2)18-17-28(49-5)41-27-19-39(45)29(50-6)20-40(31(34(41)42)32(51-7)33(38)41,53-37(44)24-11-15-26(48-4)16-12-24)30(27)35(39)52-36(43)23-9-13-25(47-3)14-10-23/h9-18,27-35,45H,8,19-22H2,1-7H3/t27-,28+,29-,30-,31+,32+,33-,34-,35-,38+,39+,40-,41+/m1/s1. The van der Waals surface area contributed by atoms with Crippen molar-refractivity contribution >= 4 is 11.9 Å². The summed E-state index contributed by atoms with van der Waals surface area (Å²) in [5, 5.41) is 13.0. The highest BCUT2D eigenvalue weighted by Gasteiger charge is 2.89. The Morgan fingerprint density at radius 1 is 0.830 bits per heavy atom. The van der Waals surface area contributed by atoms with Crippen LogP contribution in [0.1, 0.15) is 40.5 Å². The number of nitrogens with zero attached hydrogens (tertiary/aromatic N) is 1. The zero-order valence-electron chi connectivity index (χ0n) is 31.5. The van der Waals surface area contributed by atoms with E-state index in [4.69, 9.17) is 37.9 Å². The molecule has 5 fully saturated rings. The number of methoxy groups -OCH3 is 6. The monoisotopic (exact) mass is 733 g/mol. The van der Waals surface area contributed by atoms with E-state index in [1.54, 1.807) is 91.2 Å². The molecule has 13 atom stereocenters. The quantitative estimate of drug-likeness (QED) is 0.252. The summed E-state index contributed by atoms with van der Waals surface area (Å²) in [6, 6.07) is 13.3. The van der Waals surface area contributed by atoms with Crippen molar-refractivity contribution in [2.24, 2.45) is 34.5 Å². The van der Waals surface area contributed by atoms with E-state index in [-0.39, 0.29) is 36.8 Å². The second-order valence-corrected chi connectivity index (χ2v) is 15.8. The van der Waals surface area contributed by atoms with E-state index in [9.17, 15) is 14.7 Å². The molecule has 286 valence electrons. The number of piperidine rings is 1. The lowest BCUT2D eigenvalue weighted by molar-refractivity contribution is -0.268. The Balaban J connectivity index is 1.36. The van der Waals surface area contributed by atoms with E-state index in [2.05, 4.69) is 24.0 Å². The van der Waals surface area contributed by atoms with Gasteiger partial charge in [-0.05, 0) is 67.4 Å². The lowest BCUT2D eigenvalue weighted by Crippen LogP contribution is -2.77. The Morgan fingerprint density at radius 2 is 1.47 bits per heavy atom. The summed E-state index contributed by atoms with van der Waals surface area (Å²) >= 11 is 0. The van der Waals surface area contributed by atoms with Gasteiger partial charge in [-0.2, -0.15) is 0 Å². The van der Waals surface area contributed by atoms with Crippen LogP contribution in [0.4, 0.5) is 0 Å². The number of hydrogen-bond donors (Lipinski definition) is 1. The van der Waals surface area contributed by atoms with E-state index in [0.717, 1.165) is 6.54 Å². The zero-order chi connectivity index (χ0) is 37.5. The molecular formula is C41H51NO11. The van der Waals surface area contributed by atoms with E-state index in [0.29, 0.717) is 35.8 Å². The fourth-order valence-corrected chi connectivity index (χ4v) is 12.6. The molecule has 2 aromatic carbocycles. The number of aliphatic hydroxyl groups is 1. The molecule has 5 aliphatic carbocycles. The predicted octanol–water partition coefficient (Wildman–Crippen LogP) is 3.79. The first-order valence-electron chi connectivity index (χ1n) is 18.5. The topological polar surface area (TPSA) is 131 Å². The van der Waals surface area contributed by atoms with Crippen LogP contribution in [0.3, 0.4) is 0 Å². The van der Waals surface area contributed by atoms with Gasteiger partial charge in [0.1, 0.15) is 28.8 Å². The van der Waals surface area contributed by atoms with Gasteiger partial charge in [-0.1, -0.05) is 19.1 Å². The summed E-state index contributed by atoms with van der Waals surface area (Å²) in [4.78, 5) is 31.2. The number of benzene rings is 2. The number of esters is 2. The average molecular weight is 734 g/mol. The third kappa shape index (κ3) is 4.75. The largest absolute Gasteiger partial charge is 0.497 e. The Bertz CT molecular complexity index is 1750. The van der Waals surface area contributed by atoms with Gasteiger partial charge in [0, 0.05) is 76.0 Å². The van der Waals surface area contributed by atoms with E-state index in [1.807, 2.05) is 0 Å². The molecule has 1 spiro atoms. The lowest BCUT2D eigenvalue weighted by atomic mass is 9.44. The van der Waals surface area contributed by atoms with Gasteiger partial charge in [0.05, 0.1) is 50.3 Å². The van der Waals surface area contributed by atoms with Crippen LogP contribution in [0.2, 0.25) is 0 Å². The molecular weight excluding hydrogens is 682 g/mol. The van der Waals surface area contributed by atoms with Crippen molar-refractivity contribution in [2.75, 3.05) is 62.4 Å². The van der Waals surface area contributed by atoms with E-state index < -0.39 is 64.1 Å². The van der Waals surface area contributed by atoms with Gasteiger partial charge < -0.3 is 43.0 Å². The van der Waals surface area contributed by atoms with Crippen molar-refractivity contribution < 1.29 is 52.6 Å². The SMILES string of the molecule is CCN1C[C@]2(COC)C=C[C@H](OC)[C@@]34[C@@H]5C[C@@]6(O)[C@H](OC(=O)c7ccc(OC)cc7)[C@@H]5[C@](OC(=O)c5ccc(OC)cc5)(C[C@H]6OC)[C@@H]([C@H](OC)[C@H]23)[C@@H]14. The van der Waals surface area contributed by atoms with Crippen LogP contribution in [0.15, 0.2) is 60.7 Å². The normalized spacial score (nSPS) is 41.5. The Kier molecular flexibility index (Phi) is 8.98. The van der Waals surface area contributed by atoms with Crippen molar-refractivity contribution in [1.82, 2.24) is 4.90 Å². The van der Waals surface area contributed by atoms with Gasteiger partial charge >= 0.3 is 11.9 Å². The van der Waals surface area contributed by atoms with Gasteiger partial charge in [-0.3, -0.25) is 4.90 Å². The van der Waals surface area contributed by atoms with Crippen molar-refractivity contribution in [3.05, 3.63) is 71.8 Å². The number of fused-ring (bicyclic) bond motifs is 2. The first-order chi connectivity index (χ1) is 25.6. The maximum atomic E-state index is 14.6. The number of ether oxygens (including phenoxy) is 8. The summed E-state index contributed by atoms with van der Waals surface area (Å²) in [5.41, 5.74) is -3.34. The van der Waals surface area contributed by atoms with Crippen molar-refractivity contribution in [1.29, 1.82) is 0 Å². The molecule has 1 N–H and O–H groups in total. The van der Waals surface area contributed by atoms with Crippen molar-refractivity contribution in [3.8, 4) is 11.5 Å². The summed E-state index contributed by atoms with van der Waals surface area (Å²) in [5.74, 6) is -1.45. The molecule has 1 aliphatic heterocycles. The minimum atomic E-state index is -1.60. The molecule has 53 heavy (non-hydrogen) atoms. The third-order valence-corrected chi connectivity index (χ3v) is 14.1. The first-order valence-corrected chi connectivity index (χ1v) is 18.5. The minimum absolute atomic E-state index is 0.138. The highest BCUT2D eigenvalue weighted by atomic mass is 16.6. The molecule has 0 unspecified atom stereocenters. The molecule has 2 aromatic rings. The van der Waals surface area contributed by atoms with Gasteiger partial charge in [-0.15, -0.1) is 0 Å². The summed E-state index contributed by atoms with van der Waals surface area (Å²) in [6.45, 7) is 4.03. The van der Waals surface area contributed by atoms with Gasteiger partial charge in [0.15, 0.2) is 0 Å². The van der Waals surface area contributed by atoms with E-state index in [1.165, 1.54) is 0 Å². The molecule has 1 saturated heterocycles. The number of carbonyl (C=O) groups is 2. The molecule has 7 bridgehead atoms. The van der Waals surface area contributed by atoms with Crippen LogP contribution in [0.5, 0.6) is 11.5 Å². The molecule has 1 heterocycles. The molecule has 0 radical (unpaired) electrons. The average Bonchev–Trinajstić information content (AvgIpc) is 3.56. The number of rotatable bonds is 12. The van der Waals surface area contributed by atoms with Crippen LogP contribution in [-0.2, 0) is 28.4 Å². The second-order valence-electron chi connectivity index (χ2n) is 15.8. The molecule has 12 nitrogen and oxygen atoms in total. The maximum Gasteiger partial charge on any atom is 0.338 e. The Hall–Kier alpha value is -3.52. The number of hydrogen-bond acceptors (Lipinski definition) is 12. The van der Waals surface area contributed by atoms with E-state index >= 15 is 0 Å². The molecule has 0 aromatic heterocycles. The summed E-state index contributed by atoms with van der Waals surface area (Å²) < 4.78 is 49.7. The number of carbonyl (C=O) groups excluding carboxylic acids is 2. The first kappa shape index (κ1) is 36.5. The second kappa shape index (κ2) is 13.1. The van der Waals surface area contributed by atoms with Crippen LogP contribution in [0, 0.1) is 34.5 Å². The highest BCUT2D eigenvalue weighted by Crippen LogP contribution is 2.80. The van der Waals surface area contributed by atoms with Crippen LogP contribution in [0.25, 0.3) is 0 Å². The Morgan fingerprint density at radius 3 is 2.02 bits per heavy atom. The highest BCUT2D eigenvalue weighted by molar-refractivity contribution is 5.90. The predicted molar refractivity (Wildman–Crippen MR) is 191 cm³/mol. The number of likely N-dealkylation sites (tertiary alicyclic amines) is 1. The fraction of sp³-hybridized carbons (Fsp3) is 0.610. The molecule has 6 aliphatic rings. The zero-order valence-corrected chi connectivity index (χ0v) is 31.5. The molecule has 12 heteroatoms. The van der Waals surface area contributed by atoms with Crippen LogP contribution >= 0.6 is 0 Å². The molecule has 4 saturated carbocycles. The summed E-state index contributed by atoms with van der Waals surface area (Å²) in [7, 11) is 9.88. The van der Waals surface area contributed by atoms with Crippen molar-refractivity contribution in [3.63, 3.8) is 0 Å². The molecule has 0 amide bonds.